The summed E-state index contributed by atoms with van der Waals surface area (Å²) in [5, 5.41) is 3.73. The second-order valence-electron chi connectivity index (χ2n) is 5.95. The van der Waals surface area contributed by atoms with Crippen LogP contribution in [0, 0.1) is 20.8 Å². The number of rotatable bonds is 4. The quantitative estimate of drug-likeness (QED) is 0.916. The topological polar surface area (TPSA) is 15.3 Å². The molecule has 0 saturated carbocycles. The van der Waals surface area contributed by atoms with E-state index in [0.29, 0.717) is 12.1 Å². The summed E-state index contributed by atoms with van der Waals surface area (Å²) in [6.45, 7) is 11.1. The lowest BCUT2D eigenvalue weighted by Gasteiger charge is -2.39. The summed E-state index contributed by atoms with van der Waals surface area (Å²) in [7, 11) is 2.27. The minimum Gasteiger partial charge on any atom is -0.309 e. The number of aryl methyl sites for hydroxylation is 3. The molecule has 0 amide bonds. The van der Waals surface area contributed by atoms with Crippen LogP contribution in [-0.2, 0) is 0 Å². The molecule has 2 nitrogen and oxygen atoms in total. The van der Waals surface area contributed by atoms with Crippen molar-refractivity contribution in [3.63, 3.8) is 0 Å². The van der Waals surface area contributed by atoms with Gasteiger partial charge < -0.3 is 5.32 Å². The molecule has 20 heavy (non-hydrogen) atoms. The summed E-state index contributed by atoms with van der Waals surface area (Å²) < 4.78 is 0. The van der Waals surface area contributed by atoms with Crippen molar-refractivity contribution in [1.82, 2.24) is 10.2 Å². The molecule has 1 heterocycles. The lowest BCUT2D eigenvalue weighted by molar-refractivity contribution is 0.216. The van der Waals surface area contributed by atoms with E-state index in [0.717, 1.165) is 6.54 Å². The molecule has 1 aromatic rings. The predicted octanol–water partition coefficient (Wildman–Crippen LogP) is 3.31. The van der Waals surface area contributed by atoms with E-state index in [4.69, 9.17) is 0 Å². The second kappa shape index (κ2) is 6.97. The van der Waals surface area contributed by atoms with Crippen molar-refractivity contribution in [1.29, 1.82) is 0 Å². The summed E-state index contributed by atoms with van der Waals surface area (Å²) in [4.78, 5) is 2.53. The van der Waals surface area contributed by atoms with Gasteiger partial charge in [0, 0.05) is 30.1 Å². The highest BCUT2D eigenvalue weighted by Gasteiger charge is 2.29. The number of nitrogens with one attached hydrogen (secondary N) is 1. The van der Waals surface area contributed by atoms with Crippen molar-refractivity contribution in [2.75, 3.05) is 31.6 Å². The van der Waals surface area contributed by atoms with Crippen LogP contribution < -0.4 is 5.32 Å². The lowest BCUT2D eigenvalue weighted by Crippen LogP contribution is -2.48. The van der Waals surface area contributed by atoms with Crippen LogP contribution in [0.3, 0.4) is 0 Å². The number of benzene rings is 1. The van der Waals surface area contributed by atoms with Crippen molar-refractivity contribution in [3.8, 4) is 0 Å². The molecule has 0 aliphatic carbocycles. The molecule has 0 radical (unpaired) electrons. The summed E-state index contributed by atoms with van der Waals surface area (Å²) >= 11 is 2.09. The lowest BCUT2D eigenvalue weighted by atomic mass is 9.91. The van der Waals surface area contributed by atoms with Crippen LogP contribution in [0.5, 0.6) is 0 Å². The van der Waals surface area contributed by atoms with E-state index in [1.165, 1.54) is 40.3 Å². The van der Waals surface area contributed by atoms with E-state index < -0.39 is 0 Å². The van der Waals surface area contributed by atoms with Gasteiger partial charge in [0.1, 0.15) is 0 Å². The number of hydrogen-bond acceptors (Lipinski definition) is 3. The van der Waals surface area contributed by atoms with Crippen molar-refractivity contribution in [2.24, 2.45) is 0 Å². The van der Waals surface area contributed by atoms with Gasteiger partial charge in [0.15, 0.2) is 0 Å². The van der Waals surface area contributed by atoms with E-state index in [1.54, 1.807) is 0 Å². The monoisotopic (exact) mass is 292 g/mol. The summed E-state index contributed by atoms with van der Waals surface area (Å²) in [6.07, 6.45) is 0. The molecule has 0 aromatic heterocycles. The average Bonchev–Trinajstić information content (AvgIpc) is 2.42. The van der Waals surface area contributed by atoms with Gasteiger partial charge in [-0.25, -0.2) is 0 Å². The fraction of sp³-hybridized carbons (Fsp3) is 0.647. The minimum atomic E-state index is 0.442. The number of hydrogen-bond donors (Lipinski definition) is 1. The van der Waals surface area contributed by atoms with Crippen LogP contribution in [0.4, 0.5) is 0 Å². The number of likely N-dealkylation sites (N-methyl/N-ethyl adjacent to an activating group) is 2. The molecule has 2 rings (SSSR count). The maximum atomic E-state index is 3.73. The molecule has 1 N–H and O–H groups in total. The van der Waals surface area contributed by atoms with Gasteiger partial charge in [-0.3, -0.25) is 4.90 Å². The maximum Gasteiger partial charge on any atom is 0.0488 e. The number of thioether (sulfide) groups is 1. The summed E-state index contributed by atoms with van der Waals surface area (Å²) in [5.41, 5.74) is 5.70. The highest BCUT2D eigenvalue weighted by atomic mass is 32.2. The van der Waals surface area contributed by atoms with Crippen LogP contribution in [0.15, 0.2) is 12.1 Å². The van der Waals surface area contributed by atoms with Crippen molar-refractivity contribution in [2.45, 2.75) is 39.8 Å². The molecule has 1 aliphatic rings. The van der Waals surface area contributed by atoms with Crippen LogP contribution >= 0.6 is 11.8 Å². The highest BCUT2D eigenvalue weighted by Crippen LogP contribution is 2.30. The van der Waals surface area contributed by atoms with Gasteiger partial charge in [-0.2, -0.15) is 11.8 Å². The Morgan fingerprint density at radius 1 is 1.25 bits per heavy atom. The summed E-state index contributed by atoms with van der Waals surface area (Å²) in [6, 6.07) is 5.77. The fourth-order valence-electron chi connectivity index (χ4n) is 3.05. The third-order valence-electron chi connectivity index (χ3n) is 4.47. The minimum absolute atomic E-state index is 0.442. The summed E-state index contributed by atoms with van der Waals surface area (Å²) in [5.74, 6) is 2.48. The maximum absolute atomic E-state index is 3.73. The fourth-order valence-corrected chi connectivity index (χ4v) is 4.32. The van der Waals surface area contributed by atoms with Gasteiger partial charge in [-0.05, 0) is 56.6 Å². The van der Waals surface area contributed by atoms with Crippen LogP contribution in [0.1, 0.15) is 35.2 Å². The zero-order valence-electron chi connectivity index (χ0n) is 13.5. The zero-order chi connectivity index (χ0) is 14.7. The Balaban J connectivity index is 2.34. The van der Waals surface area contributed by atoms with E-state index in [9.17, 15) is 0 Å². The molecular weight excluding hydrogens is 264 g/mol. The van der Waals surface area contributed by atoms with Crippen molar-refractivity contribution in [3.05, 3.63) is 34.4 Å². The SMILES string of the molecule is CCNC(c1cc(C)c(C)cc1C)C1CSCCN1C. The first-order chi connectivity index (χ1) is 9.54. The average molecular weight is 292 g/mol. The van der Waals surface area contributed by atoms with Gasteiger partial charge in [-0.15, -0.1) is 0 Å². The smallest absolute Gasteiger partial charge is 0.0488 e. The Morgan fingerprint density at radius 2 is 1.95 bits per heavy atom. The van der Waals surface area contributed by atoms with Gasteiger partial charge in [0.25, 0.3) is 0 Å². The molecule has 3 heteroatoms. The van der Waals surface area contributed by atoms with E-state index in [1.807, 2.05) is 0 Å². The Bertz CT molecular complexity index is 459. The standard InChI is InChI=1S/C17H28N2S/c1-6-18-17(16-11-20-8-7-19(16)5)15-10-13(3)12(2)9-14(15)4/h9-10,16-18H,6-8,11H2,1-5H3. The molecule has 0 spiro atoms. The number of nitrogens with zero attached hydrogens (tertiary/aromatic N) is 1. The molecule has 0 bridgehead atoms. The van der Waals surface area contributed by atoms with Gasteiger partial charge in [0.2, 0.25) is 0 Å². The Kier molecular flexibility index (Phi) is 5.53. The molecule has 1 aromatic carbocycles. The molecule has 2 unspecified atom stereocenters. The molecule has 1 aliphatic heterocycles. The third kappa shape index (κ3) is 3.38. The first-order valence-electron chi connectivity index (χ1n) is 7.63. The predicted molar refractivity (Wildman–Crippen MR) is 90.8 cm³/mol. The molecule has 112 valence electrons. The van der Waals surface area contributed by atoms with Crippen LogP contribution in [-0.4, -0.2) is 42.6 Å². The Labute approximate surface area is 128 Å². The molecule has 2 atom stereocenters. The highest BCUT2D eigenvalue weighted by molar-refractivity contribution is 7.99. The van der Waals surface area contributed by atoms with E-state index in [2.05, 4.69) is 68.9 Å². The first kappa shape index (κ1) is 15.9. The molecular formula is C17H28N2S. The molecule has 1 fully saturated rings. The van der Waals surface area contributed by atoms with Gasteiger partial charge >= 0.3 is 0 Å². The second-order valence-corrected chi connectivity index (χ2v) is 7.10. The van der Waals surface area contributed by atoms with E-state index in [-0.39, 0.29) is 0 Å². The first-order valence-corrected chi connectivity index (χ1v) is 8.79. The normalized spacial score (nSPS) is 21.9. The van der Waals surface area contributed by atoms with E-state index >= 15 is 0 Å². The van der Waals surface area contributed by atoms with Crippen LogP contribution in [0.25, 0.3) is 0 Å². The van der Waals surface area contributed by atoms with Crippen LogP contribution in [0.2, 0.25) is 0 Å². The van der Waals surface area contributed by atoms with Gasteiger partial charge in [0.05, 0.1) is 0 Å². The largest absolute Gasteiger partial charge is 0.309 e. The van der Waals surface area contributed by atoms with Crippen molar-refractivity contribution >= 4 is 11.8 Å². The van der Waals surface area contributed by atoms with Gasteiger partial charge in [-0.1, -0.05) is 19.1 Å². The Morgan fingerprint density at radius 3 is 2.60 bits per heavy atom. The third-order valence-corrected chi connectivity index (χ3v) is 5.52. The Hall–Kier alpha value is -0.510. The molecule has 1 saturated heterocycles. The zero-order valence-corrected chi connectivity index (χ0v) is 14.3. The van der Waals surface area contributed by atoms with Crippen molar-refractivity contribution < 1.29 is 0 Å².